The van der Waals surface area contributed by atoms with Crippen LogP contribution in [0, 0.1) is 34.5 Å². The molecule has 4 heteroatoms. The Labute approximate surface area is 155 Å². The van der Waals surface area contributed by atoms with Crippen molar-refractivity contribution in [2.45, 2.75) is 65.2 Å². The van der Waals surface area contributed by atoms with Crippen LogP contribution in [0.15, 0.2) is 11.6 Å². The van der Waals surface area contributed by atoms with E-state index >= 15 is 0 Å². The highest BCUT2D eigenvalue weighted by atomic mass is 16.5. The molecule has 0 bridgehead atoms. The number of hydrogen-bond acceptors (Lipinski definition) is 4. The molecule has 0 aliphatic heterocycles. The average Bonchev–Trinajstić information content (AvgIpc) is 2.99. The van der Waals surface area contributed by atoms with E-state index in [-0.39, 0.29) is 23.1 Å². The highest BCUT2D eigenvalue weighted by Gasteiger charge is 2.61. The second-order valence-corrected chi connectivity index (χ2v) is 9.14. The Morgan fingerprint density at radius 1 is 1.19 bits per heavy atom. The molecule has 3 fully saturated rings. The molecule has 0 aromatic heterocycles. The monoisotopic (exact) mass is 358 g/mol. The Bertz CT molecular complexity index is 665. The molecule has 4 aliphatic rings. The van der Waals surface area contributed by atoms with Crippen molar-refractivity contribution in [2.75, 3.05) is 6.61 Å². The Morgan fingerprint density at radius 3 is 2.73 bits per heavy atom. The van der Waals surface area contributed by atoms with Gasteiger partial charge >= 0.3 is 5.97 Å². The van der Waals surface area contributed by atoms with Crippen molar-refractivity contribution in [2.24, 2.45) is 34.5 Å². The normalized spacial score (nSPS) is 44.4. The highest BCUT2D eigenvalue weighted by Crippen LogP contribution is 2.66. The van der Waals surface area contributed by atoms with Crippen molar-refractivity contribution in [3.05, 3.63) is 11.6 Å². The summed E-state index contributed by atoms with van der Waals surface area (Å²) in [7, 11) is 0. The Hall–Kier alpha value is -1.45. The molecule has 0 radical (unpaired) electrons. The summed E-state index contributed by atoms with van der Waals surface area (Å²) < 4.78 is 5.37. The number of aldehydes is 1. The van der Waals surface area contributed by atoms with E-state index in [1.807, 2.05) is 6.92 Å². The molecule has 4 rings (SSSR count). The van der Waals surface area contributed by atoms with Gasteiger partial charge in [-0.2, -0.15) is 0 Å². The lowest BCUT2D eigenvalue weighted by Crippen LogP contribution is -2.52. The number of carbonyl (C=O) groups excluding carboxylic acids is 3. The van der Waals surface area contributed by atoms with Crippen molar-refractivity contribution >= 4 is 18.0 Å². The smallest absolute Gasteiger partial charge is 0.309 e. The maximum Gasteiger partial charge on any atom is 0.309 e. The van der Waals surface area contributed by atoms with Gasteiger partial charge in [0.15, 0.2) is 5.78 Å². The predicted molar refractivity (Wildman–Crippen MR) is 97.2 cm³/mol. The molecule has 4 aliphatic carbocycles. The van der Waals surface area contributed by atoms with E-state index in [4.69, 9.17) is 4.74 Å². The summed E-state index contributed by atoms with van der Waals surface area (Å²) in [4.78, 5) is 36.7. The van der Waals surface area contributed by atoms with Gasteiger partial charge in [-0.3, -0.25) is 9.59 Å². The summed E-state index contributed by atoms with van der Waals surface area (Å²) in [6.07, 6.45) is 9.99. The molecule has 0 heterocycles. The number of ketones is 1. The van der Waals surface area contributed by atoms with Crippen molar-refractivity contribution in [3.8, 4) is 0 Å². The molecule has 6 atom stereocenters. The Kier molecular flexibility index (Phi) is 4.36. The highest BCUT2D eigenvalue weighted by molar-refractivity contribution is 5.93. The van der Waals surface area contributed by atoms with Crippen LogP contribution in [0.3, 0.4) is 0 Å². The summed E-state index contributed by atoms with van der Waals surface area (Å²) in [6.45, 7) is 4.60. The van der Waals surface area contributed by atoms with Crippen LogP contribution in [-0.4, -0.2) is 24.6 Å². The van der Waals surface area contributed by atoms with Gasteiger partial charge in [-0.15, -0.1) is 0 Å². The molecule has 3 saturated carbocycles. The molecule has 0 aromatic carbocycles. The fourth-order valence-corrected chi connectivity index (χ4v) is 7.12. The fraction of sp³-hybridized carbons (Fsp3) is 0.773. The predicted octanol–water partition coefficient (Wildman–Crippen LogP) is 3.88. The van der Waals surface area contributed by atoms with Crippen molar-refractivity contribution in [1.29, 1.82) is 0 Å². The average molecular weight is 358 g/mol. The van der Waals surface area contributed by atoms with E-state index in [0.717, 1.165) is 44.1 Å². The summed E-state index contributed by atoms with van der Waals surface area (Å²) in [5.74, 6) is 1.48. The third-order valence-electron chi connectivity index (χ3n) is 8.35. The molecule has 0 N–H and O–H groups in total. The van der Waals surface area contributed by atoms with E-state index in [2.05, 4.69) is 6.92 Å². The number of carbonyl (C=O) groups is 3. The first-order valence-electron chi connectivity index (χ1n) is 10.3. The van der Waals surface area contributed by atoms with Crippen LogP contribution >= 0.6 is 0 Å². The molecule has 4 nitrogen and oxygen atoms in total. The largest absolute Gasteiger partial charge is 0.466 e. The number of fused-ring (bicyclic) bond motifs is 5. The van der Waals surface area contributed by atoms with Crippen LogP contribution in [0.2, 0.25) is 0 Å². The standard InChI is InChI=1S/C22H30O4/c1-3-26-20(25)19-7-6-17-16-5-4-14-12-15(24)8-11-22(14,13-23)18(16)9-10-21(17,19)2/h12-13,16-19H,3-11H2,1-2H3/t16-,17-,18-,19+,21-,22+/m1/s1. The van der Waals surface area contributed by atoms with Crippen LogP contribution in [0.5, 0.6) is 0 Å². The molecule has 0 amide bonds. The van der Waals surface area contributed by atoms with Gasteiger partial charge < -0.3 is 9.53 Å². The van der Waals surface area contributed by atoms with Gasteiger partial charge in [-0.25, -0.2) is 0 Å². The molecule has 0 spiro atoms. The SMILES string of the molecule is CCOC(=O)[C@@H]1CC[C@@H]2[C@H]3CCC4=CC(=O)CC[C@@]4(C=O)[C@@H]3CC[C@]21C. The zero-order valence-corrected chi connectivity index (χ0v) is 16.0. The van der Waals surface area contributed by atoms with Gasteiger partial charge in [0.2, 0.25) is 0 Å². The quantitative estimate of drug-likeness (QED) is 0.567. The third-order valence-corrected chi connectivity index (χ3v) is 8.35. The first kappa shape index (κ1) is 17.9. The van der Waals surface area contributed by atoms with Crippen LogP contribution in [0.1, 0.15) is 65.2 Å². The molecule has 0 saturated heterocycles. The van der Waals surface area contributed by atoms with Crippen LogP contribution in [0.25, 0.3) is 0 Å². The maximum atomic E-state index is 12.5. The fourth-order valence-electron chi connectivity index (χ4n) is 7.12. The second-order valence-electron chi connectivity index (χ2n) is 9.14. The lowest BCUT2D eigenvalue weighted by atomic mass is 9.46. The lowest BCUT2D eigenvalue weighted by Gasteiger charge is -2.57. The van der Waals surface area contributed by atoms with E-state index in [0.29, 0.717) is 37.2 Å². The molecular formula is C22H30O4. The van der Waals surface area contributed by atoms with Gasteiger partial charge in [0, 0.05) is 6.42 Å². The van der Waals surface area contributed by atoms with Gasteiger partial charge in [0.25, 0.3) is 0 Å². The Morgan fingerprint density at radius 2 is 2.00 bits per heavy atom. The molecular weight excluding hydrogens is 328 g/mol. The van der Waals surface area contributed by atoms with Gasteiger partial charge in [0.05, 0.1) is 17.9 Å². The topological polar surface area (TPSA) is 60.4 Å². The molecule has 26 heavy (non-hydrogen) atoms. The zero-order chi connectivity index (χ0) is 18.5. The number of ether oxygens (including phenoxy) is 1. The van der Waals surface area contributed by atoms with E-state index in [1.54, 1.807) is 6.08 Å². The minimum atomic E-state index is -0.416. The first-order valence-corrected chi connectivity index (χ1v) is 10.3. The second kappa shape index (κ2) is 6.31. The number of esters is 1. The minimum absolute atomic E-state index is 0.00317. The van der Waals surface area contributed by atoms with E-state index < -0.39 is 5.41 Å². The van der Waals surface area contributed by atoms with Gasteiger partial charge in [0.1, 0.15) is 6.29 Å². The van der Waals surface area contributed by atoms with E-state index in [1.165, 1.54) is 6.29 Å². The van der Waals surface area contributed by atoms with Crippen LogP contribution < -0.4 is 0 Å². The summed E-state index contributed by atoms with van der Waals surface area (Å²) in [5, 5.41) is 0. The Balaban J connectivity index is 1.65. The lowest BCUT2D eigenvalue weighted by molar-refractivity contribution is -0.156. The first-order chi connectivity index (χ1) is 12.5. The number of allylic oxidation sites excluding steroid dienone is 1. The van der Waals surface area contributed by atoms with Crippen molar-refractivity contribution in [3.63, 3.8) is 0 Å². The number of rotatable bonds is 3. The van der Waals surface area contributed by atoms with Gasteiger partial charge in [-0.05, 0) is 81.1 Å². The summed E-state index contributed by atoms with van der Waals surface area (Å²) >= 11 is 0. The van der Waals surface area contributed by atoms with Crippen molar-refractivity contribution < 1.29 is 19.1 Å². The van der Waals surface area contributed by atoms with Crippen LogP contribution in [0.4, 0.5) is 0 Å². The summed E-state index contributed by atoms with van der Waals surface area (Å²) in [5.41, 5.74) is 0.678. The third kappa shape index (κ3) is 2.36. The summed E-state index contributed by atoms with van der Waals surface area (Å²) in [6, 6.07) is 0. The maximum absolute atomic E-state index is 12.5. The number of hydrogen-bond donors (Lipinski definition) is 0. The molecule has 0 aromatic rings. The molecule has 0 unspecified atom stereocenters. The molecule has 142 valence electrons. The van der Waals surface area contributed by atoms with Crippen LogP contribution in [-0.2, 0) is 19.1 Å². The van der Waals surface area contributed by atoms with Crippen molar-refractivity contribution in [1.82, 2.24) is 0 Å². The van der Waals surface area contributed by atoms with E-state index in [9.17, 15) is 14.4 Å². The minimum Gasteiger partial charge on any atom is -0.466 e. The zero-order valence-electron chi connectivity index (χ0n) is 16.0. The van der Waals surface area contributed by atoms with Gasteiger partial charge in [-0.1, -0.05) is 12.5 Å².